The van der Waals surface area contributed by atoms with Gasteiger partial charge in [-0.2, -0.15) is 0 Å². The van der Waals surface area contributed by atoms with Crippen molar-refractivity contribution in [2.24, 2.45) is 4.99 Å². The van der Waals surface area contributed by atoms with Gasteiger partial charge in [-0.25, -0.2) is 0 Å². The van der Waals surface area contributed by atoms with Crippen LogP contribution >= 0.6 is 24.0 Å². The lowest BCUT2D eigenvalue weighted by molar-refractivity contribution is 0.0954. The summed E-state index contributed by atoms with van der Waals surface area (Å²) in [4.78, 5) is 16.3. The summed E-state index contributed by atoms with van der Waals surface area (Å²) >= 11 is 0. The predicted octanol–water partition coefficient (Wildman–Crippen LogP) is 2.44. The zero-order valence-electron chi connectivity index (χ0n) is 16.0. The fraction of sp³-hybridized carbons (Fsp3) is 0.300. The maximum absolute atomic E-state index is 12.1. The summed E-state index contributed by atoms with van der Waals surface area (Å²) in [5, 5.41) is 9.31. The number of hydrogen-bond donors (Lipinski definition) is 3. The summed E-state index contributed by atoms with van der Waals surface area (Å²) in [6.07, 6.45) is 0. The Labute approximate surface area is 181 Å². The lowest BCUT2D eigenvalue weighted by Gasteiger charge is -2.13. The Morgan fingerprint density at radius 2 is 1.82 bits per heavy atom. The standard InChI is InChI=1S/C20H24N4O3.HI/c1-14-4-3-5-16(10-14)19(25)22-8-9-23-20(21-2)24-12-15-6-7-17-18(11-15)27-13-26-17;/h3-7,10-11H,8-9,12-13H2,1-2H3,(H,22,25)(H2,21,23,24);1H. The normalized spacial score (nSPS) is 12.1. The van der Waals surface area contributed by atoms with E-state index >= 15 is 0 Å². The molecule has 0 saturated heterocycles. The quantitative estimate of drug-likeness (QED) is 0.248. The number of benzene rings is 2. The van der Waals surface area contributed by atoms with Crippen LogP contribution in [0.4, 0.5) is 0 Å². The Kier molecular flexibility index (Phi) is 8.37. The van der Waals surface area contributed by atoms with Gasteiger partial charge >= 0.3 is 0 Å². The molecule has 0 saturated carbocycles. The first kappa shape index (κ1) is 21.8. The van der Waals surface area contributed by atoms with Crippen LogP contribution in [0.5, 0.6) is 11.5 Å². The second kappa shape index (κ2) is 10.7. The number of carbonyl (C=O) groups excluding carboxylic acids is 1. The second-order valence-corrected chi connectivity index (χ2v) is 6.17. The molecule has 0 aliphatic carbocycles. The van der Waals surface area contributed by atoms with Crippen molar-refractivity contribution in [2.45, 2.75) is 13.5 Å². The third kappa shape index (κ3) is 6.01. The summed E-state index contributed by atoms with van der Waals surface area (Å²) in [6, 6.07) is 13.4. The average molecular weight is 496 g/mol. The summed E-state index contributed by atoms with van der Waals surface area (Å²) < 4.78 is 10.7. The number of halogens is 1. The van der Waals surface area contributed by atoms with Crippen molar-refractivity contribution in [3.8, 4) is 11.5 Å². The Morgan fingerprint density at radius 3 is 2.61 bits per heavy atom. The van der Waals surface area contributed by atoms with Gasteiger partial charge in [0.15, 0.2) is 17.5 Å². The lowest BCUT2D eigenvalue weighted by Crippen LogP contribution is -2.41. The first-order chi connectivity index (χ1) is 13.2. The number of guanidine groups is 1. The topological polar surface area (TPSA) is 84.0 Å². The first-order valence-electron chi connectivity index (χ1n) is 8.83. The van der Waals surface area contributed by atoms with E-state index in [0.29, 0.717) is 31.2 Å². The Morgan fingerprint density at radius 1 is 1.04 bits per heavy atom. The van der Waals surface area contributed by atoms with Crippen molar-refractivity contribution < 1.29 is 14.3 Å². The van der Waals surface area contributed by atoms with E-state index in [4.69, 9.17) is 9.47 Å². The molecule has 3 N–H and O–H groups in total. The molecule has 0 atom stereocenters. The van der Waals surface area contributed by atoms with Crippen LogP contribution in [0.3, 0.4) is 0 Å². The van der Waals surface area contributed by atoms with Crippen LogP contribution < -0.4 is 25.4 Å². The number of aryl methyl sites for hydroxylation is 1. The number of hydrogen-bond acceptors (Lipinski definition) is 4. The van der Waals surface area contributed by atoms with Crippen LogP contribution in [-0.2, 0) is 6.54 Å². The molecule has 1 amide bonds. The molecular formula is C20H25IN4O3. The number of nitrogens with one attached hydrogen (secondary N) is 3. The van der Waals surface area contributed by atoms with Crippen LogP contribution in [-0.4, -0.2) is 38.8 Å². The summed E-state index contributed by atoms with van der Waals surface area (Å²) in [5.41, 5.74) is 2.80. The maximum atomic E-state index is 12.1. The highest BCUT2D eigenvalue weighted by atomic mass is 127. The zero-order valence-corrected chi connectivity index (χ0v) is 18.3. The fourth-order valence-corrected chi connectivity index (χ4v) is 2.70. The molecule has 0 radical (unpaired) electrons. The van der Waals surface area contributed by atoms with Gasteiger partial charge in [-0.3, -0.25) is 9.79 Å². The fourth-order valence-electron chi connectivity index (χ4n) is 2.70. The number of amides is 1. The Hall–Kier alpha value is -2.49. The molecule has 2 aromatic rings. The second-order valence-electron chi connectivity index (χ2n) is 6.17. The van der Waals surface area contributed by atoms with Gasteiger partial charge in [0.25, 0.3) is 5.91 Å². The van der Waals surface area contributed by atoms with Gasteiger partial charge in [-0.05, 0) is 36.8 Å². The van der Waals surface area contributed by atoms with E-state index in [-0.39, 0.29) is 36.7 Å². The van der Waals surface area contributed by atoms with Crippen molar-refractivity contribution in [1.29, 1.82) is 0 Å². The lowest BCUT2D eigenvalue weighted by atomic mass is 10.1. The average Bonchev–Trinajstić information content (AvgIpc) is 3.15. The molecule has 0 bridgehead atoms. The highest BCUT2D eigenvalue weighted by Crippen LogP contribution is 2.32. The molecule has 0 fully saturated rings. The molecule has 7 nitrogen and oxygen atoms in total. The van der Waals surface area contributed by atoms with Crippen molar-refractivity contribution in [2.75, 3.05) is 26.9 Å². The van der Waals surface area contributed by atoms with Crippen molar-refractivity contribution in [3.63, 3.8) is 0 Å². The van der Waals surface area contributed by atoms with E-state index < -0.39 is 0 Å². The minimum Gasteiger partial charge on any atom is -0.454 e. The van der Waals surface area contributed by atoms with Gasteiger partial charge in [0.05, 0.1) is 0 Å². The SMILES string of the molecule is CN=C(NCCNC(=O)c1cccc(C)c1)NCc1ccc2c(c1)OCO2.I. The van der Waals surface area contributed by atoms with Gasteiger partial charge < -0.3 is 25.4 Å². The predicted molar refractivity (Wildman–Crippen MR) is 120 cm³/mol. The molecule has 0 spiro atoms. The third-order valence-corrected chi connectivity index (χ3v) is 4.10. The molecule has 0 aromatic heterocycles. The molecule has 28 heavy (non-hydrogen) atoms. The van der Waals surface area contributed by atoms with E-state index in [1.54, 1.807) is 7.05 Å². The Bertz CT molecular complexity index is 842. The number of aliphatic imine (C=N–C) groups is 1. The minimum absolute atomic E-state index is 0. The molecule has 8 heteroatoms. The molecule has 2 aromatic carbocycles. The van der Waals surface area contributed by atoms with Crippen LogP contribution in [0, 0.1) is 6.92 Å². The van der Waals surface area contributed by atoms with Crippen LogP contribution in [0.15, 0.2) is 47.5 Å². The number of fused-ring (bicyclic) bond motifs is 1. The van der Waals surface area contributed by atoms with E-state index in [1.165, 1.54) is 0 Å². The van der Waals surface area contributed by atoms with Crippen molar-refractivity contribution >= 4 is 35.8 Å². The summed E-state index contributed by atoms with van der Waals surface area (Å²) in [6.45, 7) is 3.90. The van der Waals surface area contributed by atoms with E-state index in [0.717, 1.165) is 22.6 Å². The van der Waals surface area contributed by atoms with Crippen molar-refractivity contribution in [3.05, 3.63) is 59.2 Å². The van der Waals surface area contributed by atoms with Gasteiger partial charge in [0.2, 0.25) is 6.79 Å². The molecular weight excluding hydrogens is 471 g/mol. The van der Waals surface area contributed by atoms with Gasteiger partial charge in [0, 0.05) is 32.2 Å². The molecule has 0 unspecified atom stereocenters. The van der Waals surface area contributed by atoms with E-state index in [9.17, 15) is 4.79 Å². The third-order valence-electron chi connectivity index (χ3n) is 4.10. The van der Waals surface area contributed by atoms with Crippen molar-refractivity contribution in [1.82, 2.24) is 16.0 Å². The number of carbonyl (C=O) groups is 1. The molecule has 1 heterocycles. The minimum atomic E-state index is -0.0798. The van der Waals surface area contributed by atoms with E-state index in [2.05, 4.69) is 20.9 Å². The molecule has 3 rings (SSSR count). The van der Waals surface area contributed by atoms with Gasteiger partial charge in [-0.1, -0.05) is 23.8 Å². The molecule has 1 aliphatic rings. The smallest absolute Gasteiger partial charge is 0.251 e. The number of nitrogens with zero attached hydrogens (tertiary/aromatic N) is 1. The highest BCUT2D eigenvalue weighted by Gasteiger charge is 2.13. The number of rotatable bonds is 6. The van der Waals surface area contributed by atoms with E-state index in [1.807, 2.05) is 49.4 Å². The van der Waals surface area contributed by atoms with Crippen LogP contribution in [0.25, 0.3) is 0 Å². The molecule has 150 valence electrons. The highest BCUT2D eigenvalue weighted by molar-refractivity contribution is 14.0. The summed E-state index contributed by atoms with van der Waals surface area (Å²) in [5.74, 6) is 2.11. The Balaban J connectivity index is 0.00000280. The van der Waals surface area contributed by atoms with Crippen LogP contribution in [0.2, 0.25) is 0 Å². The largest absolute Gasteiger partial charge is 0.454 e. The number of ether oxygens (including phenoxy) is 2. The van der Waals surface area contributed by atoms with Gasteiger partial charge in [-0.15, -0.1) is 24.0 Å². The molecule has 1 aliphatic heterocycles. The monoisotopic (exact) mass is 496 g/mol. The maximum Gasteiger partial charge on any atom is 0.251 e. The van der Waals surface area contributed by atoms with Gasteiger partial charge in [0.1, 0.15) is 0 Å². The first-order valence-corrected chi connectivity index (χ1v) is 8.83. The summed E-state index contributed by atoms with van der Waals surface area (Å²) in [7, 11) is 1.71. The van der Waals surface area contributed by atoms with Crippen LogP contribution in [0.1, 0.15) is 21.5 Å². The zero-order chi connectivity index (χ0) is 19.1.